The van der Waals surface area contributed by atoms with Crippen LogP contribution in [0, 0.1) is 0 Å². The summed E-state index contributed by atoms with van der Waals surface area (Å²) in [6.45, 7) is 11.6. The molecule has 0 aromatic heterocycles. The molecule has 0 bridgehead atoms. The summed E-state index contributed by atoms with van der Waals surface area (Å²) in [6, 6.07) is 0.733. The van der Waals surface area contributed by atoms with Crippen LogP contribution in [0.2, 0.25) is 0 Å². The maximum Gasteiger partial charge on any atom is 0.0125 e. The third kappa shape index (κ3) is 4.49. The minimum absolute atomic E-state index is 0.343. The highest BCUT2D eigenvalue weighted by atomic mass is 15.2. The Balaban J connectivity index is 2.18. The minimum atomic E-state index is 0.343. The molecule has 1 saturated heterocycles. The first-order valence-corrected chi connectivity index (χ1v) is 6.17. The van der Waals surface area contributed by atoms with E-state index in [1.165, 1.54) is 25.9 Å². The lowest BCUT2D eigenvalue weighted by Gasteiger charge is -2.41. The molecule has 0 atom stereocenters. The zero-order valence-corrected chi connectivity index (χ0v) is 10.8. The van der Waals surface area contributed by atoms with Gasteiger partial charge in [0.1, 0.15) is 0 Å². The van der Waals surface area contributed by atoms with Crippen molar-refractivity contribution in [3.05, 3.63) is 0 Å². The molecule has 0 saturated carbocycles. The summed E-state index contributed by atoms with van der Waals surface area (Å²) in [5.41, 5.74) is 0.343. The van der Waals surface area contributed by atoms with Crippen LogP contribution in [0.4, 0.5) is 0 Å². The van der Waals surface area contributed by atoms with E-state index in [1.54, 1.807) is 0 Å². The van der Waals surface area contributed by atoms with Crippen LogP contribution in [-0.2, 0) is 0 Å². The Morgan fingerprint density at radius 3 is 2.20 bits per heavy atom. The van der Waals surface area contributed by atoms with E-state index < -0.39 is 0 Å². The highest BCUT2D eigenvalue weighted by Crippen LogP contribution is 2.19. The van der Waals surface area contributed by atoms with Gasteiger partial charge in [-0.15, -0.1) is 0 Å². The van der Waals surface area contributed by atoms with E-state index in [9.17, 15) is 0 Å². The number of rotatable bonds is 4. The molecule has 90 valence electrons. The monoisotopic (exact) mass is 213 g/mol. The van der Waals surface area contributed by atoms with Crippen LogP contribution in [0.15, 0.2) is 0 Å². The summed E-state index contributed by atoms with van der Waals surface area (Å²) in [7, 11) is 2.00. The highest BCUT2D eigenvalue weighted by molar-refractivity contribution is 4.84. The summed E-state index contributed by atoms with van der Waals surface area (Å²) < 4.78 is 0. The fourth-order valence-corrected chi connectivity index (χ4v) is 2.16. The Bertz CT molecular complexity index is 166. The lowest BCUT2D eigenvalue weighted by Crippen LogP contribution is -2.50. The number of nitrogens with zero attached hydrogens (tertiary/aromatic N) is 1. The lowest BCUT2D eigenvalue weighted by atomic mass is 9.98. The van der Waals surface area contributed by atoms with E-state index in [0.717, 1.165) is 19.1 Å². The highest BCUT2D eigenvalue weighted by Gasteiger charge is 2.26. The van der Waals surface area contributed by atoms with Crippen molar-refractivity contribution in [3.63, 3.8) is 0 Å². The smallest absolute Gasteiger partial charge is 0.0125 e. The molecule has 0 aromatic carbocycles. The van der Waals surface area contributed by atoms with Gasteiger partial charge in [-0.05, 0) is 40.7 Å². The van der Waals surface area contributed by atoms with Crippen molar-refractivity contribution >= 4 is 0 Å². The molecule has 1 fully saturated rings. The summed E-state index contributed by atoms with van der Waals surface area (Å²) in [4.78, 5) is 2.59. The molecule has 1 rings (SSSR count). The first-order chi connectivity index (χ1) is 7.04. The molecule has 2 N–H and O–H groups in total. The van der Waals surface area contributed by atoms with Crippen LogP contribution in [0.5, 0.6) is 0 Å². The van der Waals surface area contributed by atoms with Crippen molar-refractivity contribution in [2.24, 2.45) is 0 Å². The summed E-state index contributed by atoms with van der Waals surface area (Å²) >= 11 is 0. The fourth-order valence-electron chi connectivity index (χ4n) is 2.16. The predicted molar refractivity (Wildman–Crippen MR) is 66.3 cm³/mol. The number of piperidine rings is 1. The number of hydrogen-bond acceptors (Lipinski definition) is 3. The molecule has 0 aromatic rings. The molecule has 3 heteroatoms. The molecule has 0 spiro atoms. The SMILES string of the molecule is CNCCNC1CCN(C(C)(C)C)CC1. The lowest BCUT2D eigenvalue weighted by molar-refractivity contribution is 0.0965. The standard InChI is InChI=1S/C12H27N3/c1-12(2,3)15-9-5-11(6-10-15)14-8-7-13-4/h11,13-14H,5-10H2,1-4H3. The molecule has 0 amide bonds. The molecule has 1 aliphatic rings. The molecule has 0 aliphatic carbocycles. The van der Waals surface area contributed by atoms with Crippen molar-refractivity contribution in [1.29, 1.82) is 0 Å². The van der Waals surface area contributed by atoms with Gasteiger partial charge < -0.3 is 10.6 Å². The molecule has 3 nitrogen and oxygen atoms in total. The van der Waals surface area contributed by atoms with E-state index in [4.69, 9.17) is 0 Å². The maximum atomic E-state index is 3.61. The molecular formula is C12H27N3. The Morgan fingerprint density at radius 2 is 1.73 bits per heavy atom. The average Bonchev–Trinajstić information content (AvgIpc) is 2.18. The van der Waals surface area contributed by atoms with Gasteiger partial charge >= 0.3 is 0 Å². The van der Waals surface area contributed by atoms with E-state index in [0.29, 0.717) is 5.54 Å². The largest absolute Gasteiger partial charge is 0.318 e. The van der Waals surface area contributed by atoms with Crippen LogP contribution in [0.1, 0.15) is 33.6 Å². The predicted octanol–water partition coefficient (Wildman–Crippen LogP) is 1.06. The fraction of sp³-hybridized carbons (Fsp3) is 1.00. The van der Waals surface area contributed by atoms with Gasteiger partial charge in [-0.25, -0.2) is 0 Å². The molecule has 0 radical (unpaired) electrons. The van der Waals surface area contributed by atoms with E-state index in [1.807, 2.05) is 7.05 Å². The van der Waals surface area contributed by atoms with Crippen molar-refractivity contribution in [3.8, 4) is 0 Å². The van der Waals surface area contributed by atoms with E-state index in [-0.39, 0.29) is 0 Å². The van der Waals surface area contributed by atoms with Crippen LogP contribution in [0.3, 0.4) is 0 Å². The van der Waals surface area contributed by atoms with Gasteiger partial charge in [0, 0.05) is 37.8 Å². The Morgan fingerprint density at radius 1 is 1.13 bits per heavy atom. The summed E-state index contributed by atoms with van der Waals surface area (Å²) in [6.07, 6.45) is 2.59. The quantitative estimate of drug-likeness (QED) is 0.684. The van der Waals surface area contributed by atoms with Crippen molar-refractivity contribution in [1.82, 2.24) is 15.5 Å². The Labute approximate surface area is 94.6 Å². The topological polar surface area (TPSA) is 27.3 Å². The van der Waals surface area contributed by atoms with Gasteiger partial charge in [-0.1, -0.05) is 0 Å². The first kappa shape index (κ1) is 12.9. The summed E-state index contributed by atoms with van der Waals surface area (Å²) in [5, 5.41) is 6.77. The third-order valence-corrected chi connectivity index (χ3v) is 3.25. The van der Waals surface area contributed by atoms with Gasteiger partial charge in [-0.3, -0.25) is 4.90 Å². The maximum absolute atomic E-state index is 3.61. The van der Waals surface area contributed by atoms with Crippen LogP contribution in [-0.4, -0.2) is 49.7 Å². The third-order valence-electron chi connectivity index (χ3n) is 3.25. The van der Waals surface area contributed by atoms with Gasteiger partial charge in [0.05, 0.1) is 0 Å². The van der Waals surface area contributed by atoms with E-state index in [2.05, 4.69) is 36.3 Å². The number of likely N-dealkylation sites (N-methyl/N-ethyl adjacent to an activating group) is 1. The molecule has 1 heterocycles. The van der Waals surface area contributed by atoms with Gasteiger partial charge in [0.15, 0.2) is 0 Å². The molecule has 0 unspecified atom stereocenters. The second kappa shape index (κ2) is 5.83. The number of hydrogen-bond donors (Lipinski definition) is 2. The number of nitrogens with one attached hydrogen (secondary N) is 2. The average molecular weight is 213 g/mol. The second-order valence-electron chi connectivity index (χ2n) is 5.49. The minimum Gasteiger partial charge on any atom is -0.318 e. The first-order valence-electron chi connectivity index (χ1n) is 6.17. The van der Waals surface area contributed by atoms with Gasteiger partial charge in [-0.2, -0.15) is 0 Å². The van der Waals surface area contributed by atoms with Crippen LogP contribution >= 0.6 is 0 Å². The van der Waals surface area contributed by atoms with Gasteiger partial charge in [0.25, 0.3) is 0 Å². The van der Waals surface area contributed by atoms with E-state index >= 15 is 0 Å². The molecule has 1 aliphatic heterocycles. The van der Waals surface area contributed by atoms with Crippen LogP contribution in [0.25, 0.3) is 0 Å². The van der Waals surface area contributed by atoms with Crippen molar-refractivity contribution in [2.75, 3.05) is 33.2 Å². The van der Waals surface area contributed by atoms with Crippen molar-refractivity contribution < 1.29 is 0 Å². The normalized spacial score (nSPS) is 20.8. The Hall–Kier alpha value is -0.120. The van der Waals surface area contributed by atoms with Crippen molar-refractivity contribution in [2.45, 2.75) is 45.2 Å². The number of likely N-dealkylation sites (tertiary alicyclic amines) is 1. The Kier molecular flexibility index (Phi) is 5.03. The molecule has 15 heavy (non-hydrogen) atoms. The summed E-state index contributed by atoms with van der Waals surface area (Å²) in [5.74, 6) is 0. The van der Waals surface area contributed by atoms with Crippen LogP contribution < -0.4 is 10.6 Å². The van der Waals surface area contributed by atoms with Gasteiger partial charge in [0.2, 0.25) is 0 Å². The zero-order chi connectivity index (χ0) is 11.3. The second-order valence-corrected chi connectivity index (χ2v) is 5.49. The molecular weight excluding hydrogens is 186 g/mol. The zero-order valence-electron chi connectivity index (χ0n) is 10.8.